The number of alkyl halides is 2. The van der Waals surface area contributed by atoms with Crippen LogP contribution in [0.15, 0.2) is 60.9 Å². The molecule has 15 heteroatoms. The maximum Gasteiger partial charge on any atom is 0.460 e. The first-order chi connectivity index (χ1) is 21.6. The van der Waals surface area contributed by atoms with Gasteiger partial charge in [0.25, 0.3) is 5.85 Å². The fourth-order valence-electron chi connectivity index (χ4n) is 5.85. The van der Waals surface area contributed by atoms with Gasteiger partial charge in [0, 0.05) is 17.1 Å². The topological polar surface area (TPSA) is 156 Å². The van der Waals surface area contributed by atoms with Crippen molar-refractivity contribution in [2.75, 3.05) is 12.3 Å². The second kappa shape index (κ2) is 11.2. The van der Waals surface area contributed by atoms with Crippen molar-refractivity contribution in [2.24, 2.45) is 0 Å². The number of hydrogen-bond acceptors (Lipinski definition) is 10. The molecule has 0 amide bonds. The van der Waals surface area contributed by atoms with E-state index in [0.29, 0.717) is 23.3 Å². The molecule has 1 aromatic heterocycles. The molecule has 1 saturated carbocycles. The van der Waals surface area contributed by atoms with Crippen LogP contribution in [0.1, 0.15) is 40.8 Å². The first-order valence-electron chi connectivity index (χ1n) is 14.8. The number of rotatable bonds is 11. The van der Waals surface area contributed by atoms with Crippen LogP contribution in [-0.4, -0.2) is 62.6 Å². The predicted octanol–water partition coefficient (Wildman–Crippen LogP) is 5.34. The summed E-state index contributed by atoms with van der Waals surface area (Å²) in [5.41, 5.74) is 1.08. The molecule has 2 aliphatic rings. The highest BCUT2D eigenvalue weighted by atomic mass is 31.2. The smallest absolute Gasteiger partial charge is 0.460 e. The molecule has 2 heterocycles. The van der Waals surface area contributed by atoms with Gasteiger partial charge in [0.2, 0.25) is 0 Å². The maximum absolute atomic E-state index is 16.7. The van der Waals surface area contributed by atoms with Crippen LogP contribution >= 0.6 is 7.75 Å². The van der Waals surface area contributed by atoms with E-state index < -0.39 is 55.3 Å². The van der Waals surface area contributed by atoms with Crippen LogP contribution in [0.3, 0.4) is 0 Å². The van der Waals surface area contributed by atoms with Crippen LogP contribution in [0, 0.1) is 0 Å². The number of fused-ring (bicyclic) bond motifs is 3. The highest BCUT2D eigenvalue weighted by molar-refractivity contribution is 7.52. The minimum Gasteiger partial charge on any atom is -0.491 e. The van der Waals surface area contributed by atoms with Crippen LogP contribution in [0.25, 0.3) is 21.8 Å². The summed E-state index contributed by atoms with van der Waals surface area (Å²) in [5, 5.41) is 15.3. The summed E-state index contributed by atoms with van der Waals surface area (Å²) in [6.45, 7) is 7.63. The molecule has 2 fully saturated rings. The van der Waals surface area contributed by atoms with E-state index in [0.717, 1.165) is 12.3 Å². The molecule has 1 saturated heterocycles. The molecule has 3 aromatic carbocycles. The number of esters is 1. The number of halogens is 2. The van der Waals surface area contributed by atoms with Crippen molar-refractivity contribution in [3.05, 3.63) is 60.9 Å². The van der Waals surface area contributed by atoms with Gasteiger partial charge in [-0.3, -0.25) is 9.32 Å². The van der Waals surface area contributed by atoms with Gasteiger partial charge < -0.3 is 34.1 Å². The standard InChI is InChI=1S/C31H35F2N4O8P/c1-6-41-24-15-20(34)14-22-25(24)35-16-37(22)28-29(5,32)30(39)27(31(30,33)43-28)45-46(40,36-18(4)26(38)42-17(2)3)44-23-13-9-11-19-10-7-8-12-21(19)23/h7-18,27-28,39H,6,34H2,1-5H3,(H,36,40)/t18?,27?,28-,29+,30+,31-,46?/m1/s1. The van der Waals surface area contributed by atoms with Crippen molar-refractivity contribution >= 4 is 41.2 Å². The van der Waals surface area contributed by atoms with Crippen LogP contribution in [0.2, 0.25) is 0 Å². The monoisotopic (exact) mass is 660 g/mol. The summed E-state index contributed by atoms with van der Waals surface area (Å²) >= 11 is 0. The van der Waals surface area contributed by atoms with Crippen molar-refractivity contribution in [3.63, 3.8) is 0 Å². The molecule has 46 heavy (non-hydrogen) atoms. The van der Waals surface area contributed by atoms with Crippen molar-refractivity contribution in [3.8, 4) is 11.5 Å². The number of nitrogens with one attached hydrogen (secondary N) is 1. The lowest BCUT2D eigenvalue weighted by Crippen LogP contribution is -2.45. The highest BCUT2D eigenvalue weighted by Crippen LogP contribution is 2.73. The first-order valence-corrected chi connectivity index (χ1v) is 16.3. The Hall–Kier alpha value is -3.81. The van der Waals surface area contributed by atoms with E-state index in [2.05, 4.69) is 10.1 Å². The second-order valence-electron chi connectivity index (χ2n) is 11.8. The summed E-state index contributed by atoms with van der Waals surface area (Å²) in [5.74, 6) is -3.58. The number of nitrogens with two attached hydrogens (primary N) is 1. The largest absolute Gasteiger partial charge is 0.491 e. The van der Waals surface area contributed by atoms with Crippen LogP contribution < -0.4 is 20.1 Å². The molecule has 12 nitrogen and oxygen atoms in total. The Morgan fingerprint density at radius 1 is 1.17 bits per heavy atom. The van der Waals surface area contributed by atoms with Gasteiger partial charge in [0.1, 0.15) is 23.1 Å². The Balaban J connectivity index is 1.33. The molecule has 1 aliphatic carbocycles. The molecular weight excluding hydrogens is 625 g/mol. The van der Waals surface area contributed by atoms with Crippen LogP contribution in [0.4, 0.5) is 14.5 Å². The van der Waals surface area contributed by atoms with Crippen molar-refractivity contribution in [2.45, 2.75) is 76.2 Å². The number of ether oxygens (including phenoxy) is 3. The summed E-state index contributed by atoms with van der Waals surface area (Å²) in [4.78, 5) is 16.9. The SMILES string of the molecule is CCOc1cc(N)cc2c1ncn2[C@@H]1O[C@]2(F)C(OP(=O)(NC(C)C(=O)OC(C)C)Oc3cccc4ccccc34)[C@]2(O)[C@@]1(C)F. The third-order valence-corrected chi connectivity index (χ3v) is 9.76. The molecule has 6 rings (SSSR count). The predicted molar refractivity (Wildman–Crippen MR) is 165 cm³/mol. The van der Waals surface area contributed by atoms with E-state index in [1.165, 1.54) is 30.0 Å². The number of aromatic nitrogens is 2. The number of benzene rings is 3. The van der Waals surface area contributed by atoms with Gasteiger partial charge in [-0.2, -0.15) is 5.09 Å². The van der Waals surface area contributed by atoms with E-state index in [9.17, 15) is 14.5 Å². The van der Waals surface area contributed by atoms with E-state index in [1.54, 1.807) is 63.2 Å². The lowest BCUT2D eigenvalue weighted by atomic mass is 9.97. The number of anilines is 1. The molecule has 3 unspecified atom stereocenters. The lowest BCUT2D eigenvalue weighted by molar-refractivity contribution is -0.156. The Bertz CT molecular complexity index is 1870. The number of carbonyl (C=O) groups excluding carboxylic acids is 1. The summed E-state index contributed by atoms with van der Waals surface area (Å²) < 4.78 is 76.6. The molecule has 4 aromatic rings. The summed E-state index contributed by atoms with van der Waals surface area (Å²) in [7, 11) is -4.78. The van der Waals surface area contributed by atoms with Gasteiger partial charge in [-0.25, -0.2) is 18.3 Å². The molecule has 246 valence electrons. The highest BCUT2D eigenvalue weighted by Gasteiger charge is 2.96. The van der Waals surface area contributed by atoms with Gasteiger partial charge in [0.05, 0.1) is 24.6 Å². The molecule has 4 N–H and O–H groups in total. The Morgan fingerprint density at radius 3 is 2.57 bits per heavy atom. The van der Waals surface area contributed by atoms with E-state index in [4.69, 9.17) is 29.0 Å². The quantitative estimate of drug-likeness (QED) is 0.108. The van der Waals surface area contributed by atoms with Crippen LogP contribution in [0.5, 0.6) is 11.5 Å². The van der Waals surface area contributed by atoms with E-state index in [-0.39, 0.29) is 17.0 Å². The number of nitrogens with zero attached hydrogens (tertiary/aromatic N) is 2. The Labute approximate surface area is 263 Å². The maximum atomic E-state index is 16.7. The zero-order valence-electron chi connectivity index (χ0n) is 25.8. The van der Waals surface area contributed by atoms with E-state index in [1.807, 2.05) is 0 Å². The van der Waals surface area contributed by atoms with Gasteiger partial charge in [-0.05, 0) is 52.1 Å². The van der Waals surface area contributed by atoms with E-state index >= 15 is 8.78 Å². The van der Waals surface area contributed by atoms with Gasteiger partial charge in [0.15, 0.2) is 23.6 Å². The number of hydrogen-bond donors (Lipinski definition) is 3. The van der Waals surface area contributed by atoms with Crippen molar-refractivity contribution in [1.29, 1.82) is 0 Å². The summed E-state index contributed by atoms with van der Waals surface area (Å²) in [6.07, 6.45) is -3.15. The van der Waals surface area contributed by atoms with Crippen molar-refractivity contribution in [1.82, 2.24) is 14.6 Å². The number of nitrogen functional groups attached to an aromatic ring is 1. The van der Waals surface area contributed by atoms with Crippen molar-refractivity contribution < 1.29 is 46.5 Å². The molecule has 0 radical (unpaired) electrons. The molecule has 0 spiro atoms. The van der Waals surface area contributed by atoms with Gasteiger partial charge in [-0.1, -0.05) is 36.4 Å². The lowest BCUT2D eigenvalue weighted by Gasteiger charge is -2.31. The minimum absolute atomic E-state index is 0.0680. The average molecular weight is 661 g/mol. The minimum atomic E-state index is -4.78. The molecule has 0 bridgehead atoms. The molecular formula is C31H35F2N4O8P. The summed E-state index contributed by atoms with van der Waals surface area (Å²) in [6, 6.07) is 13.7. The normalized spacial score (nSPS) is 29.0. The van der Waals surface area contributed by atoms with Crippen LogP contribution in [-0.2, 0) is 23.4 Å². The Morgan fingerprint density at radius 2 is 1.89 bits per heavy atom. The third-order valence-electron chi connectivity index (χ3n) is 8.13. The van der Waals surface area contributed by atoms with Gasteiger partial charge in [-0.15, -0.1) is 0 Å². The fraction of sp³-hybridized carbons (Fsp3) is 0.419. The number of carbonyl (C=O) groups is 1. The zero-order chi connectivity index (χ0) is 33.2. The third kappa shape index (κ3) is 4.99. The number of aliphatic hydroxyl groups is 1. The van der Waals surface area contributed by atoms with Gasteiger partial charge >= 0.3 is 13.7 Å². The fourth-order valence-corrected chi connectivity index (χ4v) is 7.57. The average Bonchev–Trinajstić information content (AvgIpc) is 3.22. The number of imidazole rings is 1. The Kier molecular flexibility index (Phi) is 7.80. The zero-order valence-corrected chi connectivity index (χ0v) is 26.7. The molecule has 7 atom stereocenters. The second-order valence-corrected chi connectivity index (χ2v) is 13.5. The first kappa shape index (κ1) is 32.1. The molecule has 1 aliphatic heterocycles.